The largest absolute Gasteiger partial charge is 1.00 e. The average molecular weight is 874 g/mol. The van der Waals surface area contributed by atoms with E-state index in [0.29, 0.717) is 11.4 Å². The number of anilines is 2. The number of carbonyl (C=O) groups excluding carboxylic acids is 2. The summed E-state index contributed by atoms with van der Waals surface area (Å²) in [5.74, 6) is -3.84. The zero-order chi connectivity index (χ0) is 38.6. The van der Waals surface area contributed by atoms with Crippen LogP contribution in [0, 0.1) is 0 Å². The van der Waals surface area contributed by atoms with Crippen molar-refractivity contribution >= 4 is 54.8 Å². The first-order valence-corrected chi connectivity index (χ1v) is 17.2. The van der Waals surface area contributed by atoms with E-state index in [-0.39, 0.29) is 106 Å². The third-order valence-corrected chi connectivity index (χ3v) is 7.85. The molecular formula is C32H28CrN6Na3O12S2+. The van der Waals surface area contributed by atoms with Crippen LogP contribution in [0.1, 0.15) is 13.8 Å². The van der Waals surface area contributed by atoms with E-state index >= 15 is 0 Å². The fourth-order valence-corrected chi connectivity index (χ4v) is 4.67. The van der Waals surface area contributed by atoms with Gasteiger partial charge in [0.15, 0.2) is 11.4 Å². The molecule has 56 heavy (non-hydrogen) atoms. The summed E-state index contributed by atoms with van der Waals surface area (Å²) in [6.07, 6.45) is 0. The fraction of sp³-hybridized carbons (Fsp3) is 0.0625. The van der Waals surface area contributed by atoms with Crippen LogP contribution in [0.5, 0.6) is 11.5 Å². The van der Waals surface area contributed by atoms with Gasteiger partial charge in [-0.3, -0.25) is 18.7 Å². The number of allylic oxidation sites excluding steroid dienone is 2. The van der Waals surface area contributed by atoms with E-state index in [1.807, 2.05) is 0 Å². The van der Waals surface area contributed by atoms with Crippen LogP contribution in [0.15, 0.2) is 150 Å². The van der Waals surface area contributed by atoms with E-state index in [4.69, 9.17) is 9.11 Å². The summed E-state index contributed by atoms with van der Waals surface area (Å²) in [7, 11) is -9.07. The molecule has 0 aliphatic rings. The van der Waals surface area contributed by atoms with Gasteiger partial charge in [-0.2, -0.15) is 27.1 Å². The van der Waals surface area contributed by atoms with E-state index in [9.17, 15) is 46.9 Å². The van der Waals surface area contributed by atoms with Crippen LogP contribution < -0.4 is 110 Å². The minimum absolute atomic E-state index is 0. The van der Waals surface area contributed by atoms with Gasteiger partial charge < -0.3 is 31.1 Å². The van der Waals surface area contributed by atoms with Gasteiger partial charge in [-0.1, -0.05) is 60.0 Å². The molecule has 0 aliphatic heterocycles. The molecule has 4 aromatic rings. The number of aliphatic hydroxyl groups excluding tert-OH is 2. The Morgan fingerprint density at radius 1 is 0.571 bits per heavy atom. The smallest absolute Gasteiger partial charge is 0.871 e. The number of para-hydroxylation sites is 2. The van der Waals surface area contributed by atoms with Crippen LogP contribution in [0.4, 0.5) is 22.7 Å². The molecule has 0 unspecified atom stereocenters. The SMILES string of the molecule is CC(O)=C(N=Nc1cc(S(=O)(=O)O)ccc1[O-])C(=O)Nc1ccccc1.CC(O)=C(N=Nc1cc(S(=O)(=O)O)ccc1[O-])C(=O)Nc1ccccc1.[Cr].[Na+].[Na+].[Na+]. The Bertz CT molecular complexity index is 2150. The van der Waals surface area contributed by atoms with Crippen molar-refractivity contribution in [1.82, 2.24) is 0 Å². The molecule has 18 nitrogen and oxygen atoms in total. The number of benzene rings is 4. The Labute approximate surface area is 398 Å². The summed E-state index contributed by atoms with van der Waals surface area (Å²) >= 11 is 0. The number of amides is 2. The van der Waals surface area contributed by atoms with E-state index in [0.717, 1.165) is 36.4 Å². The summed E-state index contributed by atoms with van der Waals surface area (Å²) in [5, 5.41) is 61.8. The first-order chi connectivity index (χ1) is 24.4. The maximum atomic E-state index is 12.2. The molecule has 2 amide bonds. The first kappa shape index (κ1) is 55.2. The zero-order valence-corrected chi connectivity index (χ0v) is 39.2. The third kappa shape index (κ3) is 17.7. The molecule has 24 heteroatoms. The second-order valence-electron chi connectivity index (χ2n) is 10.1. The van der Waals surface area contributed by atoms with Crippen LogP contribution in [-0.2, 0) is 47.2 Å². The second kappa shape index (κ2) is 25.4. The molecule has 0 saturated heterocycles. The molecule has 0 heterocycles. The number of aliphatic hydroxyl groups is 2. The van der Waals surface area contributed by atoms with Crippen molar-refractivity contribution in [3.63, 3.8) is 0 Å². The molecule has 6 N–H and O–H groups in total. The molecule has 0 atom stereocenters. The Morgan fingerprint density at radius 3 is 1.14 bits per heavy atom. The van der Waals surface area contributed by atoms with Crippen molar-refractivity contribution in [3.8, 4) is 11.5 Å². The van der Waals surface area contributed by atoms with Crippen molar-refractivity contribution in [2.24, 2.45) is 20.5 Å². The predicted octanol–water partition coefficient (Wildman–Crippen LogP) is -3.95. The van der Waals surface area contributed by atoms with Crippen molar-refractivity contribution in [1.29, 1.82) is 0 Å². The number of nitrogens with one attached hydrogen (secondary N) is 2. The quantitative estimate of drug-likeness (QED) is 0.0293. The zero-order valence-electron chi connectivity index (χ0n) is 30.3. The molecule has 0 aliphatic carbocycles. The number of hydrogen-bond acceptors (Lipinski definition) is 14. The van der Waals surface area contributed by atoms with Crippen molar-refractivity contribution < 1.29 is 162 Å². The van der Waals surface area contributed by atoms with Crippen molar-refractivity contribution in [2.75, 3.05) is 10.6 Å². The van der Waals surface area contributed by atoms with Gasteiger partial charge in [0.2, 0.25) is 0 Å². The van der Waals surface area contributed by atoms with Gasteiger partial charge in [-0.15, -0.1) is 10.2 Å². The monoisotopic (exact) mass is 873 g/mol. The van der Waals surface area contributed by atoms with Crippen LogP contribution >= 0.6 is 0 Å². The Morgan fingerprint density at radius 2 is 0.875 bits per heavy atom. The summed E-state index contributed by atoms with van der Waals surface area (Å²) < 4.78 is 62.5. The maximum Gasteiger partial charge on any atom is 1.00 e. The normalized spacial score (nSPS) is 11.8. The maximum absolute atomic E-state index is 12.2. The van der Waals surface area contributed by atoms with Gasteiger partial charge in [-0.05, 0) is 62.4 Å². The van der Waals surface area contributed by atoms with Crippen molar-refractivity contribution in [3.05, 3.63) is 120 Å². The number of hydrogen-bond donors (Lipinski definition) is 6. The summed E-state index contributed by atoms with van der Waals surface area (Å²) in [5.41, 5.74) is -0.887. The minimum Gasteiger partial charge on any atom is -0.871 e. The van der Waals surface area contributed by atoms with Crippen LogP contribution in [0.25, 0.3) is 0 Å². The van der Waals surface area contributed by atoms with Gasteiger partial charge in [0.1, 0.15) is 11.5 Å². The molecule has 0 saturated carbocycles. The topological polar surface area (TPSA) is 303 Å². The summed E-state index contributed by atoms with van der Waals surface area (Å²) in [6.45, 7) is 2.40. The fourth-order valence-electron chi connectivity index (χ4n) is 3.67. The standard InChI is InChI=1S/2C16H15N3O6S.Cr.3Na/c2*1-10(20)15(16(22)17-11-5-3-2-4-6-11)19-18-13-9-12(26(23,24)25)7-8-14(13)21;;;;/h2*2-9,20-21H,1H3,(H,17,22)(H,23,24,25);;;;/q;;;3*+1/p-2. The number of rotatable bonds is 10. The van der Waals surface area contributed by atoms with Gasteiger partial charge in [-0.25, -0.2) is 0 Å². The summed E-state index contributed by atoms with van der Waals surface area (Å²) in [4.78, 5) is 23.3. The van der Waals surface area contributed by atoms with Gasteiger partial charge >= 0.3 is 88.7 Å². The van der Waals surface area contributed by atoms with Gasteiger partial charge in [0.05, 0.1) is 21.2 Å². The third-order valence-electron chi connectivity index (χ3n) is 6.15. The van der Waals surface area contributed by atoms with Crippen LogP contribution in [-0.4, -0.2) is 48.0 Å². The first-order valence-electron chi connectivity index (χ1n) is 14.3. The molecule has 0 fully saturated rings. The van der Waals surface area contributed by atoms with Crippen LogP contribution in [0.3, 0.4) is 0 Å². The Kier molecular flexibility index (Phi) is 25.0. The minimum atomic E-state index is -4.54. The van der Waals surface area contributed by atoms with E-state index in [1.165, 1.54) is 13.8 Å². The van der Waals surface area contributed by atoms with Crippen LogP contribution in [0.2, 0.25) is 0 Å². The number of azo groups is 2. The molecular weight excluding hydrogens is 845 g/mol. The predicted molar refractivity (Wildman–Crippen MR) is 181 cm³/mol. The number of carbonyl (C=O) groups is 2. The molecule has 4 aromatic carbocycles. The molecule has 0 aromatic heterocycles. The van der Waals surface area contributed by atoms with Gasteiger partial charge in [0.25, 0.3) is 32.1 Å². The van der Waals surface area contributed by atoms with E-state index in [2.05, 4.69) is 31.1 Å². The molecule has 278 valence electrons. The Hall–Kier alpha value is -2.95. The molecule has 0 spiro atoms. The van der Waals surface area contributed by atoms with Gasteiger partial charge in [0, 0.05) is 28.7 Å². The summed E-state index contributed by atoms with van der Waals surface area (Å²) in [6, 6.07) is 21.9. The van der Waals surface area contributed by atoms with E-state index < -0.39 is 87.6 Å². The Balaban J connectivity index is 0. The van der Waals surface area contributed by atoms with E-state index in [1.54, 1.807) is 60.7 Å². The molecule has 0 radical (unpaired) electrons. The molecule has 0 bridgehead atoms. The van der Waals surface area contributed by atoms with Crippen molar-refractivity contribution in [2.45, 2.75) is 23.6 Å². The number of nitrogens with zero attached hydrogens (tertiary/aromatic N) is 4. The molecule has 4 rings (SSSR count). The second-order valence-corrected chi connectivity index (χ2v) is 13.0. The average Bonchev–Trinajstić information content (AvgIpc) is 3.06.